The van der Waals surface area contributed by atoms with Crippen LogP contribution in [0.5, 0.6) is 0 Å². The second-order valence-corrected chi connectivity index (χ2v) is 6.55. The highest BCUT2D eigenvalue weighted by Gasteiger charge is 2.34. The topological polar surface area (TPSA) is 42.2 Å². The number of nitrogens with zero attached hydrogens (tertiary/aromatic N) is 3. The van der Waals surface area contributed by atoms with Gasteiger partial charge in [0, 0.05) is 12.0 Å². The first kappa shape index (κ1) is 11.9. The molecule has 2 saturated carbocycles. The van der Waals surface area contributed by atoms with Gasteiger partial charge in [0.2, 0.25) is 5.89 Å². The molecule has 0 N–H and O–H groups in total. The van der Waals surface area contributed by atoms with E-state index in [1.54, 1.807) is 0 Å². The van der Waals surface area contributed by atoms with Crippen LogP contribution in [0, 0.1) is 5.92 Å². The molecule has 0 radical (unpaired) electrons. The Hall–Kier alpha value is -0.900. The third-order valence-electron chi connectivity index (χ3n) is 5.12. The Kier molecular flexibility index (Phi) is 3.06. The fraction of sp³-hybridized carbons (Fsp3) is 0.867. The number of hydrogen-bond acceptors (Lipinski definition) is 4. The van der Waals surface area contributed by atoms with Crippen LogP contribution in [0.25, 0.3) is 0 Å². The van der Waals surface area contributed by atoms with Crippen LogP contribution in [0.15, 0.2) is 4.52 Å². The van der Waals surface area contributed by atoms with Crippen molar-refractivity contribution in [1.82, 2.24) is 15.0 Å². The predicted octanol–water partition coefficient (Wildman–Crippen LogP) is 3.10. The van der Waals surface area contributed by atoms with E-state index in [-0.39, 0.29) is 0 Å². The standard InChI is InChI=1S/C15H23N3O/c1-2-6-13-11(4-1)5-3-9-18(13)10-14-16-15(17-19-14)12-7-8-12/h11-13H,1-10H2. The van der Waals surface area contributed by atoms with Gasteiger partial charge in [0.05, 0.1) is 6.54 Å². The Bertz CT molecular complexity index is 438. The molecule has 3 fully saturated rings. The highest BCUT2D eigenvalue weighted by Crippen LogP contribution is 2.39. The molecule has 0 aromatic carbocycles. The van der Waals surface area contributed by atoms with Crippen molar-refractivity contribution in [2.75, 3.05) is 6.54 Å². The lowest BCUT2D eigenvalue weighted by Crippen LogP contribution is -2.46. The van der Waals surface area contributed by atoms with E-state index in [1.807, 2.05) is 0 Å². The van der Waals surface area contributed by atoms with Gasteiger partial charge in [-0.05, 0) is 51.0 Å². The quantitative estimate of drug-likeness (QED) is 0.838. The molecule has 4 nitrogen and oxygen atoms in total. The van der Waals surface area contributed by atoms with E-state index in [1.165, 1.54) is 57.9 Å². The van der Waals surface area contributed by atoms with Gasteiger partial charge in [-0.15, -0.1) is 0 Å². The summed E-state index contributed by atoms with van der Waals surface area (Å²) in [5.74, 6) is 3.31. The van der Waals surface area contributed by atoms with E-state index < -0.39 is 0 Å². The zero-order valence-corrected chi connectivity index (χ0v) is 11.6. The first-order valence-corrected chi connectivity index (χ1v) is 7.96. The number of rotatable bonds is 3. The number of aromatic nitrogens is 2. The monoisotopic (exact) mass is 261 g/mol. The van der Waals surface area contributed by atoms with E-state index >= 15 is 0 Å². The highest BCUT2D eigenvalue weighted by molar-refractivity contribution is 5.03. The van der Waals surface area contributed by atoms with Gasteiger partial charge in [0.1, 0.15) is 0 Å². The lowest BCUT2D eigenvalue weighted by Gasteiger charge is -2.43. The number of likely N-dealkylation sites (tertiary alicyclic amines) is 1. The molecule has 0 bridgehead atoms. The largest absolute Gasteiger partial charge is 0.338 e. The van der Waals surface area contributed by atoms with Gasteiger partial charge in [0.25, 0.3) is 0 Å². The minimum Gasteiger partial charge on any atom is -0.338 e. The van der Waals surface area contributed by atoms with Crippen LogP contribution < -0.4 is 0 Å². The summed E-state index contributed by atoms with van der Waals surface area (Å²) < 4.78 is 5.45. The second-order valence-electron chi connectivity index (χ2n) is 6.55. The molecule has 104 valence electrons. The fourth-order valence-electron chi connectivity index (χ4n) is 3.94. The van der Waals surface area contributed by atoms with Crippen molar-refractivity contribution in [2.24, 2.45) is 5.92 Å². The fourth-order valence-corrected chi connectivity index (χ4v) is 3.94. The maximum absolute atomic E-state index is 5.45. The van der Waals surface area contributed by atoms with Gasteiger partial charge in [0.15, 0.2) is 5.82 Å². The molecular weight excluding hydrogens is 238 g/mol. The molecule has 2 aliphatic carbocycles. The summed E-state index contributed by atoms with van der Waals surface area (Å²) in [6, 6.07) is 0.777. The summed E-state index contributed by atoms with van der Waals surface area (Å²) in [4.78, 5) is 7.19. The molecule has 1 aromatic rings. The van der Waals surface area contributed by atoms with E-state index in [9.17, 15) is 0 Å². The Morgan fingerprint density at radius 1 is 1.05 bits per heavy atom. The van der Waals surface area contributed by atoms with Crippen molar-refractivity contribution in [2.45, 2.75) is 69.9 Å². The second kappa shape index (κ2) is 4.89. The minimum atomic E-state index is 0.598. The van der Waals surface area contributed by atoms with E-state index in [0.29, 0.717) is 5.92 Å². The average molecular weight is 261 g/mol. The zero-order chi connectivity index (χ0) is 12.7. The van der Waals surface area contributed by atoms with Crippen LogP contribution in [-0.2, 0) is 6.54 Å². The number of piperidine rings is 1. The summed E-state index contributed by atoms with van der Waals surface area (Å²) in [7, 11) is 0. The zero-order valence-electron chi connectivity index (χ0n) is 11.6. The van der Waals surface area contributed by atoms with E-state index in [4.69, 9.17) is 4.52 Å². The van der Waals surface area contributed by atoms with Gasteiger partial charge < -0.3 is 4.52 Å². The van der Waals surface area contributed by atoms with Crippen molar-refractivity contribution in [3.05, 3.63) is 11.7 Å². The molecule has 4 rings (SSSR count). The van der Waals surface area contributed by atoms with Crippen LogP contribution in [0.2, 0.25) is 0 Å². The van der Waals surface area contributed by atoms with Crippen LogP contribution >= 0.6 is 0 Å². The lowest BCUT2D eigenvalue weighted by molar-refractivity contribution is 0.0466. The van der Waals surface area contributed by atoms with Crippen LogP contribution in [0.3, 0.4) is 0 Å². The van der Waals surface area contributed by atoms with Crippen molar-refractivity contribution in [3.63, 3.8) is 0 Å². The summed E-state index contributed by atoms with van der Waals surface area (Å²) in [6.45, 7) is 2.09. The van der Waals surface area contributed by atoms with Gasteiger partial charge in [-0.3, -0.25) is 4.90 Å². The summed E-state index contributed by atoms with van der Waals surface area (Å²) in [5.41, 5.74) is 0. The Morgan fingerprint density at radius 2 is 1.89 bits per heavy atom. The first-order chi connectivity index (χ1) is 9.40. The SMILES string of the molecule is C1CCC2C(C1)CCCN2Cc1nc(C2CC2)no1. The van der Waals surface area contributed by atoms with Gasteiger partial charge in [-0.1, -0.05) is 18.0 Å². The van der Waals surface area contributed by atoms with Crippen molar-refractivity contribution < 1.29 is 4.52 Å². The average Bonchev–Trinajstić information content (AvgIpc) is 3.20. The number of fused-ring (bicyclic) bond motifs is 1. The summed E-state index contributed by atoms with van der Waals surface area (Å²) in [5, 5.41) is 4.13. The normalized spacial score (nSPS) is 32.2. The van der Waals surface area contributed by atoms with E-state index in [2.05, 4.69) is 15.0 Å². The Labute approximate surface area is 114 Å². The molecule has 1 aliphatic heterocycles. The summed E-state index contributed by atoms with van der Waals surface area (Å²) >= 11 is 0. The van der Waals surface area contributed by atoms with Gasteiger partial charge >= 0.3 is 0 Å². The third kappa shape index (κ3) is 2.42. The molecule has 2 heterocycles. The molecule has 3 aliphatic rings. The maximum Gasteiger partial charge on any atom is 0.240 e. The Balaban J connectivity index is 1.44. The smallest absolute Gasteiger partial charge is 0.240 e. The van der Waals surface area contributed by atoms with Gasteiger partial charge in [-0.25, -0.2) is 0 Å². The first-order valence-electron chi connectivity index (χ1n) is 7.96. The highest BCUT2D eigenvalue weighted by atomic mass is 16.5. The Morgan fingerprint density at radius 3 is 2.79 bits per heavy atom. The lowest BCUT2D eigenvalue weighted by atomic mass is 9.78. The number of hydrogen-bond donors (Lipinski definition) is 0. The molecule has 1 saturated heterocycles. The molecule has 2 unspecified atom stereocenters. The van der Waals surface area contributed by atoms with Gasteiger partial charge in [-0.2, -0.15) is 4.98 Å². The van der Waals surface area contributed by atoms with Crippen molar-refractivity contribution in [3.8, 4) is 0 Å². The molecule has 19 heavy (non-hydrogen) atoms. The minimum absolute atomic E-state index is 0.598. The molecule has 1 aromatic heterocycles. The van der Waals surface area contributed by atoms with Crippen molar-refractivity contribution >= 4 is 0 Å². The van der Waals surface area contributed by atoms with Crippen LogP contribution in [-0.4, -0.2) is 27.6 Å². The summed E-state index contributed by atoms with van der Waals surface area (Å²) in [6.07, 6.45) is 10.9. The van der Waals surface area contributed by atoms with E-state index in [0.717, 1.165) is 30.2 Å². The van der Waals surface area contributed by atoms with Crippen molar-refractivity contribution in [1.29, 1.82) is 0 Å². The maximum atomic E-state index is 5.45. The molecular formula is C15H23N3O. The van der Waals surface area contributed by atoms with Crippen LogP contribution in [0.4, 0.5) is 0 Å². The molecule has 4 heteroatoms. The molecule has 2 atom stereocenters. The third-order valence-corrected chi connectivity index (χ3v) is 5.12. The molecule has 0 amide bonds. The molecule has 0 spiro atoms. The predicted molar refractivity (Wildman–Crippen MR) is 71.7 cm³/mol. The van der Waals surface area contributed by atoms with Crippen LogP contribution in [0.1, 0.15) is 69.0 Å².